The Morgan fingerprint density at radius 3 is 2.82 bits per heavy atom. The van der Waals surface area contributed by atoms with Gasteiger partial charge in [0.1, 0.15) is 17.9 Å². The molecular weight excluding hydrogens is 376 g/mol. The molecule has 0 atom stereocenters. The molecule has 0 amide bonds. The lowest BCUT2D eigenvalue weighted by Gasteiger charge is -2.06. The van der Waals surface area contributed by atoms with Crippen LogP contribution in [0, 0.1) is 0 Å². The van der Waals surface area contributed by atoms with E-state index in [2.05, 4.69) is 10.1 Å². The lowest BCUT2D eigenvalue weighted by Crippen LogP contribution is -2.04. The first-order chi connectivity index (χ1) is 13.6. The average Bonchev–Trinajstić information content (AvgIpc) is 3.15. The molecule has 2 aromatic heterocycles. The van der Waals surface area contributed by atoms with Gasteiger partial charge in [0, 0.05) is 27.2 Å². The van der Waals surface area contributed by atoms with Crippen LogP contribution < -0.4 is 0 Å². The second-order valence-corrected chi connectivity index (χ2v) is 6.82. The molecule has 3 rings (SSSR count). The Balaban J connectivity index is 1.82. The summed E-state index contributed by atoms with van der Waals surface area (Å²) in [5.74, 6) is -0.446. The molecule has 0 radical (unpaired) electrons. The normalized spacial score (nSPS) is 12.1. The second kappa shape index (κ2) is 9.14. The van der Waals surface area contributed by atoms with Crippen molar-refractivity contribution in [3.05, 3.63) is 71.1 Å². The number of pyridine rings is 1. The highest BCUT2D eigenvalue weighted by Gasteiger charge is 2.17. The summed E-state index contributed by atoms with van der Waals surface area (Å²) in [6.45, 7) is 2.15. The van der Waals surface area contributed by atoms with Gasteiger partial charge in [-0.15, -0.1) is 11.3 Å². The van der Waals surface area contributed by atoms with Crippen LogP contribution in [-0.4, -0.2) is 30.9 Å². The van der Waals surface area contributed by atoms with Crippen molar-refractivity contribution in [2.75, 3.05) is 14.2 Å². The molecule has 0 unspecified atom stereocenters. The first-order valence-corrected chi connectivity index (χ1v) is 9.41. The number of carbonyl (C=O) groups is 1. The number of benzene rings is 1. The highest BCUT2D eigenvalue weighted by molar-refractivity contribution is 7.17. The third-order valence-electron chi connectivity index (χ3n) is 4.04. The minimum atomic E-state index is -0.446. The lowest BCUT2D eigenvalue weighted by molar-refractivity contribution is -0.133. The molecule has 0 saturated carbocycles. The molecular formula is C21H20N2O4S. The van der Waals surface area contributed by atoms with Gasteiger partial charge in [-0.1, -0.05) is 17.3 Å². The Morgan fingerprint density at radius 1 is 1.25 bits per heavy atom. The van der Waals surface area contributed by atoms with E-state index in [0.717, 1.165) is 26.9 Å². The fraction of sp³-hybridized carbons (Fsp3) is 0.190. The molecule has 0 aliphatic rings. The van der Waals surface area contributed by atoms with Crippen LogP contribution in [-0.2, 0) is 25.7 Å². The van der Waals surface area contributed by atoms with E-state index in [4.69, 9.17) is 14.3 Å². The van der Waals surface area contributed by atoms with Gasteiger partial charge in [-0.25, -0.2) is 4.79 Å². The van der Waals surface area contributed by atoms with E-state index < -0.39 is 5.97 Å². The maximum absolute atomic E-state index is 12.1. The van der Waals surface area contributed by atoms with E-state index in [1.807, 2.05) is 48.7 Å². The number of hydrogen-bond donors (Lipinski definition) is 0. The van der Waals surface area contributed by atoms with Gasteiger partial charge in [0.2, 0.25) is 0 Å². The third-order valence-corrected chi connectivity index (χ3v) is 5.00. The number of oxime groups is 1. The fourth-order valence-electron chi connectivity index (χ4n) is 2.65. The van der Waals surface area contributed by atoms with Gasteiger partial charge in [-0.2, -0.15) is 0 Å². The molecule has 0 N–H and O–H groups in total. The van der Waals surface area contributed by atoms with Crippen molar-refractivity contribution in [2.45, 2.75) is 13.5 Å². The van der Waals surface area contributed by atoms with Crippen LogP contribution in [0.5, 0.6) is 0 Å². The van der Waals surface area contributed by atoms with Gasteiger partial charge in [-0.05, 0) is 36.8 Å². The van der Waals surface area contributed by atoms with Crippen molar-refractivity contribution in [3.8, 4) is 0 Å². The molecule has 28 heavy (non-hydrogen) atoms. The predicted octanol–water partition coefficient (Wildman–Crippen LogP) is 4.40. The molecule has 0 saturated heterocycles. The Kier molecular flexibility index (Phi) is 6.39. The minimum Gasteiger partial charge on any atom is -0.503 e. The van der Waals surface area contributed by atoms with Gasteiger partial charge >= 0.3 is 5.97 Å². The van der Waals surface area contributed by atoms with Gasteiger partial charge in [0.05, 0.1) is 26.2 Å². The van der Waals surface area contributed by atoms with Crippen molar-refractivity contribution in [3.63, 3.8) is 0 Å². The Bertz CT molecular complexity index is 1030. The number of ether oxygens (including phenoxy) is 2. The van der Waals surface area contributed by atoms with E-state index in [-0.39, 0.29) is 0 Å². The SMILES string of the molecule is COC=C(C(=O)OC)c1csc2ccc(CON=C(C)c3ccccn3)cc12. The number of carbonyl (C=O) groups excluding carboxylic acids is 1. The number of thiophene rings is 1. The summed E-state index contributed by atoms with van der Waals surface area (Å²) < 4.78 is 11.0. The monoisotopic (exact) mass is 396 g/mol. The van der Waals surface area contributed by atoms with E-state index in [1.54, 1.807) is 17.5 Å². The van der Waals surface area contributed by atoms with Gasteiger partial charge in [0.15, 0.2) is 0 Å². The summed E-state index contributed by atoms with van der Waals surface area (Å²) in [5.41, 5.74) is 3.55. The zero-order chi connectivity index (χ0) is 19.9. The van der Waals surface area contributed by atoms with Crippen molar-refractivity contribution >= 4 is 38.7 Å². The highest BCUT2D eigenvalue weighted by Crippen LogP contribution is 2.32. The van der Waals surface area contributed by atoms with Crippen molar-refractivity contribution in [2.24, 2.45) is 5.16 Å². The Hall–Kier alpha value is -3.19. The standard InChI is InChI=1S/C21H20N2O4S/c1-14(19-6-4-5-9-22-19)23-27-11-15-7-8-20-16(10-15)18(13-28-20)17(12-25-2)21(24)26-3/h4-10,12-13H,11H2,1-3H3. The maximum Gasteiger partial charge on any atom is 0.341 e. The van der Waals surface area contributed by atoms with E-state index in [9.17, 15) is 4.79 Å². The van der Waals surface area contributed by atoms with Gasteiger partial charge in [0.25, 0.3) is 0 Å². The summed E-state index contributed by atoms with van der Waals surface area (Å²) in [6.07, 6.45) is 3.11. The summed E-state index contributed by atoms with van der Waals surface area (Å²) in [7, 11) is 2.85. The first kappa shape index (κ1) is 19.6. The molecule has 0 bridgehead atoms. The largest absolute Gasteiger partial charge is 0.503 e. The van der Waals surface area contributed by atoms with Crippen LogP contribution >= 0.6 is 11.3 Å². The molecule has 6 nitrogen and oxygen atoms in total. The first-order valence-electron chi connectivity index (χ1n) is 8.53. The molecule has 0 aliphatic carbocycles. The summed E-state index contributed by atoms with van der Waals surface area (Å²) in [6, 6.07) is 11.6. The van der Waals surface area contributed by atoms with Crippen LogP contribution in [0.2, 0.25) is 0 Å². The summed E-state index contributed by atoms with van der Waals surface area (Å²) in [4.78, 5) is 21.8. The Morgan fingerprint density at radius 2 is 2.11 bits per heavy atom. The molecule has 7 heteroatoms. The number of rotatable bonds is 7. The zero-order valence-electron chi connectivity index (χ0n) is 15.8. The van der Waals surface area contributed by atoms with E-state index in [1.165, 1.54) is 20.5 Å². The number of fused-ring (bicyclic) bond motifs is 1. The number of hydrogen-bond acceptors (Lipinski definition) is 7. The quantitative estimate of drug-likeness (QED) is 0.195. The van der Waals surface area contributed by atoms with E-state index in [0.29, 0.717) is 17.9 Å². The van der Waals surface area contributed by atoms with Crippen LogP contribution in [0.3, 0.4) is 0 Å². The Labute approximate surface area is 167 Å². The molecule has 0 aliphatic heterocycles. The minimum absolute atomic E-state index is 0.303. The molecule has 0 fully saturated rings. The summed E-state index contributed by atoms with van der Waals surface area (Å²) >= 11 is 1.55. The average molecular weight is 396 g/mol. The topological polar surface area (TPSA) is 70.0 Å². The number of methoxy groups -OCH3 is 2. The molecule has 144 valence electrons. The fourth-order valence-corrected chi connectivity index (χ4v) is 3.59. The van der Waals surface area contributed by atoms with Crippen LogP contribution in [0.25, 0.3) is 15.7 Å². The zero-order valence-corrected chi connectivity index (χ0v) is 16.7. The molecule has 2 heterocycles. The van der Waals surface area contributed by atoms with Crippen molar-refractivity contribution < 1.29 is 19.1 Å². The van der Waals surface area contributed by atoms with E-state index >= 15 is 0 Å². The van der Waals surface area contributed by atoms with Crippen LogP contribution in [0.15, 0.2) is 59.4 Å². The second-order valence-electron chi connectivity index (χ2n) is 5.90. The highest BCUT2D eigenvalue weighted by atomic mass is 32.1. The third kappa shape index (κ3) is 4.37. The van der Waals surface area contributed by atoms with Gasteiger partial charge in [-0.3, -0.25) is 4.98 Å². The maximum atomic E-state index is 12.1. The van der Waals surface area contributed by atoms with Crippen LogP contribution in [0.1, 0.15) is 23.7 Å². The van der Waals surface area contributed by atoms with Crippen molar-refractivity contribution in [1.82, 2.24) is 4.98 Å². The lowest BCUT2D eigenvalue weighted by atomic mass is 10.0. The van der Waals surface area contributed by atoms with Gasteiger partial charge < -0.3 is 14.3 Å². The number of esters is 1. The van der Waals surface area contributed by atoms with Crippen molar-refractivity contribution in [1.29, 1.82) is 0 Å². The molecule has 3 aromatic rings. The number of aromatic nitrogens is 1. The molecule has 0 spiro atoms. The van der Waals surface area contributed by atoms with Crippen LogP contribution in [0.4, 0.5) is 0 Å². The predicted molar refractivity (Wildman–Crippen MR) is 110 cm³/mol. The summed E-state index contributed by atoms with van der Waals surface area (Å²) in [5, 5.41) is 6.99. The smallest absolute Gasteiger partial charge is 0.341 e. The number of nitrogens with zero attached hydrogens (tertiary/aromatic N) is 2. The molecule has 1 aromatic carbocycles.